The van der Waals surface area contributed by atoms with Gasteiger partial charge in [0.2, 0.25) is 0 Å². The van der Waals surface area contributed by atoms with Gasteiger partial charge < -0.3 is 9.63 Å². The molecule has 0 saturated heterocycles. The molecule has 7 nitrogen and oxygen atoms in total. The quantitative estimate of drug-likeness (QED) is 0.791. The van der Waals surface area contributed by atoms with E-state index in [1.54, 1.807) is 0 Å². The lowest BCUT2D eigenvalue weighted by Gasteiger charge is -2.07. The number of aliphatic carboxylic acids is 1. The fraction of sp³-hybridized carbons (Fsp3) is 0.250. The van der Waals surface area contributed by atoms with Gasteiger partial charge >= 0.3 is 11.5 Å². The molecule has 0 spiro atoms. The number of carboxylic acid groups (broad SMARTS) is 1. The van der Waals surface area contributed by atoms with Gasteiger partial charge in [0.25, 0.3) is 5.58 Å². The first kappa shape index (κ1) is 15.0. The fourth-order valence-electron chi connectivity index (χ4n) is 2.43. The molecule has 118 valence electrons. The van der Waals surface area contributed by atoms with Crippen molar-refractivity contribution in [2.24, 2.45) is 0 Å². The predicted octanol–water partition coefficient (Wildman–Crippen LogP) is 2.01. The summed E-state index contributed by atoms with van der Waals surface area (Å²) in [6.07, 6.45) is 0.428. The molecule has 0 atom stereocenters. The van der Waals surface area contributed by atoms with Gasteiger partial charge in [0.15, 0.2) is 0 Å². The Bertz CT molecular complexity index is 938. The molecular weight excluding hydrogens is 298 g/mol. The summed E-state index contributed by atoms with van der Waals surface area (Å²) in [5, 5.41) is 12.9. The first-order valence-electron chi connectivity index (χ1n) is 7.19. The number of rotatable bonds is 4. The maximum Gasteiger partial charge on any atom is 0.323 e. The number of aryl methyl sites for hydroxylation is 2. The summed E-state index contributed by atoms with van der Waals surface area (Å²) < 4.78 is 6.25. The molecule has 2 heterocycles. The second-order valence-corrected chi connectivity index (χ2v) is 5.24. The van der Waals surface area contributed by atoms with Crippen molar-refractivity contribution in [3.05, 3.63) is 46.0 Å². The molecule has 3 rings (SSSR count). The van der Waals surface area contributed by atoms with Crippen LogP contribution in [0.3, 0.4) is 0 Å². The number of carbonyl (C=O) groups is 1. The molecule has 0 fully saturated rings. The van der Waals surface area contributed by atoms with Gasteiger partial charge in [-0.2, -0.15) is 0 Å². The zero-order chi connectivity index (χ0) is 16.6. The van der Waals surface area contributed by atoms with E-state index in [0.717, 1.165) is 15.7 Å². The van der Waals surface area contributed by atoms with Crippen molar-refractivity contribution >= 4 is 17.1 Å². The van der Waals surface area contributed by atoms with Gasteiger partial charge in [0, 0.05) is 12.0 Å². The summed E-state index contributed by atoms with van der Waals surface area (Å²) in [5.74, 6) is -0.720. The monoisotopic (exact) mass is 313 g/mol. The summed E-state index contributed by atoms with van der Waals surface area (Å²) in [5.41, 5.74) is 2.18. The van der Waals surface area contributed by atoms with Crippen LogP contribution in [0.1, 0.15) is 18.3 Å². The number of carboxylic acids is 1. The topological polar surface area (TPSA) is 98.2 Å². The van der Waals surface area contributed by atoms with Crippen molar-refractivity contribution in [1.29, 1.82) is 0 Å². The molecule has 0 radical (unpaired) electrons. The molecule has 0 aliphatic heterocycles. The molecular formula is C16H15N3O4. The SMILES string of the molecule is CCc1nc2c(-c3ccc(C)cc3)noc2c(=O)n1CC(=O)O. The fourth-order valence-corrected chi connectivity index (χ4v) is 2.43. The lowest BCUT2D eigenvalue weighted by atomic mass is 10.1. The molecule has 7 heteroatoms. The Morgan fingerprint density at radius 2 is 2.00 bits per heavy atom. The average molecular weight is 313 g/mol. The first-order chi connectivity index (χ1) is 11.0. The highest BCUT2D eigenvalue weighted by Crippen LogP contribution is 2.25. The largest absolute Gasteiger partial charge is 0.480 e. The normalized spacial score (nSPS) is 11.0. The molecule has 0 unspecified atom stereocenters. The molecule has 0 saturated carbocycles. The van der Waals surface area contributed by atoms with Crippen LogP contribution in [-0.2, 0) is 17.8 Å². The number of hydrogen-bond donors (Lipinski definition) is 1. The van der Waals surface area contributed by atoms with Crippen LogP contribution in [0.25, 0.3) is 22.4 Å². The smallest absolute Gasteiger partial charge is 0.323 e. The Hall–Kier alpha value is -2.96. The summed E-state index contributed by atoms with van der Waals surface area (Å²) in [4.78, 5) is 27.8. The van der Waals surface area contributed by atoms with Crippen molar-refractivity contribution in [1.82, 2.24) is 14.7 Å². The lowest BCUT2D eigenvalue weighted by Crippen LogP contribution is -2.28. The predicted molar refractivity (Wildman–Crippen MR) is 83.3 cm³/mol. The first-order valence-corrected chi connectivity index (χ1v) is 7.19. The molecule has 0 bridgehead atoms. The standard InChI is InChI=1S/C16H15N3O4/c1-3-11-17-14-13(10-6-4-9(2)5-7-10)18-23-15(14)16(22)19(11)8-12(20)21/h4-7H,3,8H2,1-2H3,(H,20,21). The van der Waals surface area contributed by atoms with E-state index in [-0.39, 0.29) is 5.58 Å². The molecule has 1 aromatic carbocycles. The van der Waals surface area contributed by atoms with E-state index in [0.29, 0.717) is 23.5 Å². The minimum atomic E-state index is -1.11. The maximum atomic E-state index is 12.5. The van der Waals surface area contributed by atoms with Crippen molar-refractivity contribution in [3.8, 4) is 11.3 Å². The molecule has 23 heavy (non-hydrogen) atoms. The third-order valence-electron chi connectivity index (χ3n) is 3.59. The number of benzene rings is 1. The van der Waals surface area contributed by atoms with E-state index in [2.05, 4.69) is 10.1 Å². The summed E-state index contributed by atoms with van der Waals surface area (Å²) in [6, 6.07) is 7.62. The molecule has 0 amide bonds. The summed E-state index contributed by atoms with van der Waals surface area (Å²) in [6.45, 7) is 3.33. The zero-order valence-electron chi connectivity index (χ0n) is 12.7. The second-order valence-electron chi connectivity index (χ2n) is 5.24. The molecule has 1 N–H and O–H groups in total. The highest BCUT2D eigenvalue weighted by atomic mass is 16.5. The van der Waals surface area contributed by atoms with E-state index in [9.17, 15) is 9.59 Å². The summed E-state index contributed by atoms with van der Waals surface area (Å²) >= 11 is 0. The minimum absolute atomic E-state index is 0.0287. The lowest BCUT2D eigenvalue weighted by molar-refractivity contribution is -0.137. The highest BCUT2D eigenvalue weighted by molar-refractivity contribution is 5.87. The van der Waals surface area contributed by atoms with Gasteiger partial charge in [-0.15, -0.1) is 0 Å². The van der Waals surface area contributed by atoms with E-state index < -0.39 is 18.1 Å². The van der Waals surface area contributed by atoms with Gasteiger partial charge in [-0.25, -0.2) is 4.98 Å². The number of nitrogens with zero attached hydrogens (tertiary/aromatic N) is 3. The van der Waals surface area contributed by atoms with Crippen molar-refractivity contribution in [3.63, 3.8) is 0 Å². The summed E-state index contributed by atoms with van der Waals surface area (Å²) in [7, 11) is 0. The molecule has 0 aliphatic carbocycles. The van der Waals surface area contributed by atoms with Crippen molar-refractivity contribution in [2.45, 2.75) is 26.8 Å². The van der Waals surface area contributed by atoms with E-state index in [1.165, 1.54) is 0 Å². The van der Waals surface area contributed by atoms with Crippen LogP contribution in [0.2, 0.25) is 0 Å². The number of fused-ring (bicyclic) bond motifs is 1. The van der Waals surface area contributed by atoms with Gasteiger partial charge in [0.1, 0.15) is 23.6 Å². The van der Waals surface area contributed by atoms with Crippen LogP contribution in [-0.4, -0.2) is 25.8 Å². The Morgan fingerprint density at radius 3 is 2.61 bits per heavy atom. The van der Waals surface area contributed by atoms with Crippen LogP contribution in [0.5, 0.6) is 0 Å². The van der Waals surface area contributed by atoms with Gasteiger partial charge in [-0.1, -0.05) is 41.9 Å². The zero-order valence-corrected chi connectivity index (χ0v) is 12.7. The van der Waals surface area contributed by atoms with E-state index in [1.807, 2.05) is 38.1 Å². The van der Waals surface area contributed by atoms with E-state index >= 15 is 0 Å². The Labute approximate surface area is 131 Å². The Morgan fingerprint density at radius 1 is 1.30 bits per heavy atom. The van der Waals surface area contributed by atoms with Crippen LogP contribution in [0.15, 0.2) is 33.6 Å². The van der Waals surface area contributed by atoms with Crippen molar-refractivity contribution < 1.29 is 14.4 Å². The molecule has 3 aromatic rings. The van der Waals surface area contributed by atoms with Gasteiger partial charge in [0.05, 0.1) is 0 Å². The van der Waals surface area contributed by atoms with Gasteiger partial charge in [-0.05, 0) is 6.92 Å². The molecule has 2 aromatic heterocycles. The maximum absolute atomic E-state index is 12.5. The van der Waals surface area contributed by atoms with Crippen LogP contribution in [0, 0.1) is 6.92 Å². The Kier molecular flexibility index (Phi) is 3.69. The second kappa shape index (κ2) is 5.68. The number of aromatic nitrogens is 3. The number of hydrogen-bond acceptors (Lipinski definition) is 5. The third-order valence-corrected chi connectivity index (χ3v) is 3.59. The van der Waals surface area contributed by atoms with Crippen LogP contribution >= 0.6 is 0 Å². The molecule has 0 aliphatic rings. The van der Waals surface area contributed by atoms with Crippen LogP contribution in [0.4, 0.5) is 0 Å². The van der Waals surface area contributed by atoms with Gasteiger partial charge in [-0.3, -0.25) is 14.2 Å². The average Bonchev–Trinajstić information content (AvgIpc) is 2.94. The third kappa shape index (κ3) is 2.61. The highest BCUT2D eigenvalue weighted by Gasteiger charge is 2.20. The minimum Gasteiger partial charge on any atom is -0.480 e. The van der Waals surface area contributed by atoms with E-state index in [4.69, 9.17) is 9.63 Å². The van der Waals surface area contributed by atoms with Crippen molar-refractivity contribution in [2.75, 3.05) is 0 Å². The van der Waals surface area contributed by atoms with Crippen LogP contribution < -0.4 is 5.56 Å². The Balaban J connectivity index is 2.25.